The average molecular weight is 471 g/mol. The first-order valence-electron chi connectivity index (χ1n) is 11.3. The molecule has 2 nitrogen and oxygen atoms in total. The molecule has 182 valence electrons. The SMILES string of the molecule is C=C.C=C(/C=C(/F)C(=C)OC)CCc1ccc(-c2ccc(C3CCC(O)CC3)c(F)c2F)cc1. The quantitative estimate of drug-likeness (QED) is 0.241. The number of ether oxygens (including phenoxy) is 1. The van der Waals surface area contributed by atoms with Gasteiger partial charge in [-0.3, -0.25) is 0 Å². The van der Waals surface area contributed by atoms with Crippen LogP contribution < -0.4 is 0 Å². The van der Waals surface area contributed by atoms with Crippen LogP contribution in [0.3, 0.4) is 0 Å². The number of aliphatic hydroxyl groups excluding tert-OH is 1. The lowest BCUT2D eigenvalue weighted by Crippen LogP contribution is -2.18. The zero-order chi connectivity index (χ0) is 25.3. The topological polar surface area (TPSA) is 29.5 Å². The van der Waals surface area contributed by atoms with E-state index in [1.165, 1.54) is 13.2 Å². The Hall–Kier alpha value is -3.05. The first-order valence-corrected chi connectivity index (χ1v) is 11.3. The zero-order valence-electron chi connectivity index (χ0n) is 19.8. The molecule has 34 heavy (non-hydrogen) atoms. The van der Waals surface area contributed by atoms with Crippen LogP contribution in [0.2, 0.25) is 0 Å². The van der Waals surface area contributed by atoms with Crippen LogP contribution in [0.4, 0.5) is 13.2 Å². The highest BCUT2D eigenvalue weighted by molar-refractivity contribution is 5.65. The fourth-order valence-corrected chi connectivity index (χ4v) is 4.07. The predicted molar refractivity (Wildman–Crippen MR) is 133 cm³/mol. The first-order chi connectivity index (χ1) is 16.3. The number of aliphatic hydroxyl groups is 1. The van der Waals surface area contributed by atoms with E-state index < -0.39 is 17.5 Å². The number of allylic oxidation sites excluding steroid dienone is 3. The van der Waals surface area contributed by atoms with E-state index in [9.17, 15) is 18.3 Å². The highest BCUT2D eigenvalue weighted by atomic mass is 19.2. The Labute approximate surface area is 200 Å². The van der Waals surface area contributed by atoms with Gasteiger partial charge in [0.2, 0.25) is 0 Å². The summed E-state index contributed by atoms with van der Waals surface area (Å²) >= 11 is 0. The number of hydrogen-bond acceptors (Lipinski definition) is 2. The van der Waals surface area contributed by atoms with Crippen LogP contribution >= 0.6 is 0 Å². The average Bonchev–Trinajstić information content (AvgIpc) is 2.86. The minimum Gasteiger partial charge on any atom is -0.494 e. The summed E-state index contributed by atoms with van der Waals surface area (Å²) in [4.78, 5) is 0. The van der Waals surface area contributed by atoms with E-state index in [0.29, 0.717) is 55.2 Å². The molecule has 0 radical (unpaired) electrons. The molecular formula is C29H33F3O2. The second kappa shape index (κ2) is 13.0. The number of aryl methyl sites for hydroxylation is 1. The third-order valence-electron chi connectivity index (χ3n) is 6.09. The molecule has 1 aliphatic carbocycles. The molecule has 2 aromatic carbocycles. The summed E-state index contributed by atoms with van der Waals surface area (Å²) in [5.74, 6) is -2.29. The molecule has 0 unspecified atom stereocenters. The van der Waals surface area contributed by atoms with Gasteiger partial charge in [0.05, 0.1) is 13.2 Å². The largest absolute Gasteiger partial charge is 0.494 e. The maximum Gasteiger partial charge on any atom is 0.166 e. The lowest BCUT2D eigenvalue weighted by Gasteiger charge is -2.26. The molecule has 2 aromatic rings. The molecule has 0 bridgehead atoms. The molecule has 0 amide bonds. The van der Waals surface area contributed by atoms with Crippen molar-refractivity contribution in [2.24, 2.45) is 0 Å². The molecule has 1 fully saturated rings. The van der Waals surface area contributed by atoms with Gasteiger partial charge in [0.25, 0.3) is 0 Å². The van der Waals surface area contributed by atoms with Crippen molar-refractivity contribution in [2.75, 3.05) is 7.11 Å². The summed E-state index contributed by atoms with van der Waals surface area (Å²) < 4.78 is 48.2. The second-order valence-electron chi connectivity index (χ2n) is 8.31. The van der Waals surface area contributed by atoms with Crippen molar-refractivity contribution < 1.29 is 23.0 Å². The number of methoxy groups -OCH3 is 1. The van der Waals surface area contributed by atoms with Crippen LogP contribution in [0.1, 0.15) is 49.1 Å². The second-order valence-corrected chi connectivity index (χ2v) is 8.31. The van der Waals surface area contributed by atoms with E-state index in [4.69, 9.17) is 4.74 Å². The predicted octanol–water partition coefficient (Wildman–Crippen LogP) is 7.95. The molecule has 1 N–H and O–H groups in total. The van der Waals surface area contributed by atoms with Crippen molar-refractivity contribution in [3.8, 4) is 11.1 Å². The summed E-state index contributed by atoms with van der Waals surface area (Å²) in [6, 6.07) is 10.5. The number of rotatable bonds is 8. The maximum absolute atomic E-state index is 14.9. The summed E-state index contributed by atoms with van der Waals surface area (Å²) in [7, 11) is 1.35. The molecule has 0 heterocycles. The van der Waals surface area contributed by atoms with Gasteiger partial charge in [-0.25, -0.2) is 13.2 Å². The van der Waals surface area contributed by atoms with Crippen LogP contribution in [0.5, 0.6) is 0 Å². The Morgan fingerprint density at radius 2 is 1.62 bits per heavy atom. The number of halogens is 3. The van der Waals surface area contributed by atoms with Crippen molar-refractivity contribution in [3.63, 3.8) is 0 Å². The fraction of sp³-hybridized carbons (Fsp3) is 0.310. The smallest absolute Gasteiger partial charge is 0.166 e. The Bertz CT molecular complexity index is 1020. The molecule has 0 saturated heterocycles. The Morgan fingerprint density at radius 3 is 2.21 bits per heavy atom. The van der Waals surface area contributed by atoms with E-state index in [1.54, 1.807) is 24.3 Å². The van der Waals surface area contributed by atoms with E-state index in [1.807, 2.05) is 12.1 Å². The van der Waals surface area contributed by atoms with Crippen molar-refractivity contribution >= 4 is 0 Å². The standard InChI is InChI=1S/C27H29F3O2.C2H4/c1-17(16-25(28)18(2)32-3)4-5-19-6-8-20(9-7-19)23-14-15-24(27(30)26(23)29)21-10-12-22(31)13-11-21;1-2/h6-9,14-16,21-22,31H,1-2,4-5,10-13H2,3H3;1-2H2/b25-16+;. The van der Waals surface area contributed by atoms with Crippen LogP contribution in [0.25, 0.3) is 11.1 Å². The highest BCUT2D eigenvalue weighted by Crippen LogP contribution is 2.37. The maximum atomic E-state index is 14.9. The minimum atomic E-state index is -0.839. The van der Waals surface area contributed by atoms with Crippen LogP contribution in [-0.4, -0.2) is 18.3 Å². The normalized spacial score (nSPS) is 18.0. The zero-order valence-corrected chi connectivity index (χ0v) is 19.8. The molecule has 0 spiro atoms. The van der Waals surface area contributed by atoms with Gasteiger partial charge < -0.3 is 9.84 Å². The van der Waals surface area contributed by atoms with Crippen molar-refractivity contribution in [1.29, 1.82) is 0 Å². The molecule has 0 atom stereocenters. The van der Waals surface area contributed by atoms with Gasteiger partial charge >= 0.3 is 0 Å². The molecule has 5 heteroatoms. The van der Waals surface area contributed by atoms with Gasteiger partial charge in [0.1, 0.15) is 5.76 Å². The summed E-state index contributed by atoms with van der Waals surface area (Å²) in [6.07, 6.45) is 4.69. The van der Waals surface area contributed by atoms with E-state index >= 15 is 0 Å². The van der Waals surface area contributed by atoms with Gasteiger partial charge in [-0.05, 0) is 67.2 Å². The summed E-state index contributed by atoms with van der Waals surface area (Å²) in [5, 5.41) is 9.65. The fourth-order valence-electron chi connectivity index (χ4n) is 4.07. The van der Waals surface area contributed by atoms with Crippen molar-refractivity contribution in [3.05, 3.63) is 109 Å². The highest BCUT2D eigenvalue weighted by Gasteiger charge is 2.25. The number of benzene rings is 2. The van der Waals surface area contributed by atoms with E-state index in [-0.39, 0.29) is 23.3 Å². The minimum absolute atomic E-state index is 0.0446. The third kappa shape index (κ3) is 6.97. The monoisotopic (exact) mass is 470 g/mol. The summed E-state index contributed by atoms with van der Waals surface area (Å²) in [6.45, 7) is 13.3. The number of hydrogen-bond donors (Lipinski definition) is 1. The molecule has 1 aliphatic rings. The molecule has 0 aliphatic heterocycles. The molecular weight excluding hydrogens is 437 g/mol. The van der Waals surface area contributed by atoms with E-state index in [2.05, 4.69) is 26.3 Å². The third-order valence-corrected chi connectivity index (χ3v) is 6.09. The van der Waals surface area contributed by atoms with E-state index in [0.717, 1.165) is 5.56 Å². The van der Waals surface area contributed by atoms with Gasteiger partial charge in [-0.15, -0.1) is 13.2 Å². The lowest BCUT2D eigenvalue weighted by molar-refractivity contribution is 0.122. The van der Waals surface area contributed by atoms with Crippen LogP contribution in [0.15, 0.2) is 85.9 Å². The van der Waals surface area contributed by atoms with Crippen LogP contribution in [-0.2, 0) is 11.2 Å². The lowest BCUT2D eigenvalue weighted by atomic mass is 9.82. The van der Waals surface area contributed by atoms with Crippen LogP contribution in [0, 0.1) is 11.6 Å². The van der Waals surface area contributed by atoms with Gasteiger partial charge in [-0.2, -0.15) is 0 Å². The summed E-state index contributed by atoms with van der Waals surface area (Å²) in [5.41, 5.74) is 2.79. The van der Waals surface area contributed by atoms with Gasteiger partial charge in [0, 0.05) is 5.56 Å². The molecule has 3 rings (SSSR count). The van der Waals surface area contributed by atoms with Gasteiger partial charge in [0.15, 0.2) is 17.5 Å². The Kier molecular flexibility index (Phi) is 10.4. The molecule has 0 aromatic heterocycles. The molecule has 1 saturated carbocycles. The van der Waals surface area contributed by atoms with Crippen molar-refractivity contribution in [2.45, 2.75) is 50.5 Å². The van der Waals surface area contributed by atoms with Gasteiger partial charge in [-0.1, -0.05) is 55.1 Å². The Balaban J connectivity index is 0.00000199. The Morgan fingerprint density at radius 1 is 1.00 bits per heavy atom. The van der Waals surface area contributed by atoms with Crippen molar-refractivity contribution in [1.82, 2.24) is 0 Å². The first kappa shape index (κ1) is 27.2.